The van der Waals surface area contributed by atoms with Gasteiger partial charge in [-0.1, -0.05) is 13.8 Å². The molecule has 3 aromatic rings. The third kappa shape index (κ3) is 3.96. The molecule has 1 atom stereocenters. The van der Waals surface area contributed by atoms with Crippen LogP contribution in [0.1, 0.15) is 24.3 Å². The maximum absolute atomic E-state index is 13.1. The summed E-state index contributed by atoms with van der Waals surface area (Å²) < 4.78 is 14.6. The maximum Gasteiger partial charge on any atom is 0.269 e. The molecule has 0 radical (unpaired) electrons. The molecule has 0 bridgehead atoms. The van der Waals surface area contributed by atoms with Crippen molar-refractivity contribution in [1.82, 2.24) is 30.1 Å². The topological polar surface area (TPSA) is 77.6 Å². The Kier molecular flexibility index (Phi) is 5.11. The summed E-state index contributed by atoms with van der Waals surface area (Å²) in [6.07, 6.45) is 3.21. The molecule has 1 unspecified atom stereocenters. The van der Waals surface area contributed by atoms with Crippen molar-refractivity contribution in [2.24, 2.45) is 13.0 Å². The first-order chi connectivity index (χ1) is 12.4. The molecule has 1 aromatic carbocycles. The van der Waals surface area contributed by atoms with E-state index in [9.17, 15) is 9.18 Å². The number of aromatic nitrogens is 5. The summed E-state index contributed by atoms with van der Waals surface area (Å²) in [6, 6.07) is 7.59. The first-order valence-electron chi connectivity index (χ1n) is 8.39. The van der Waals surface area contributed by atoms with Gasteiger partial charge < -0.3 is 5.32 Å². The molecule has 2 heterocycles. The van der Waals surface area contributed by atoms with Gasteiger partial charge in [0.2, 0.25) is 0 Å². The van der Waals surface area contributed by atoms with Crippen molar-refractivity contribution in [3.63, 3.8) is 0 Å². The van der Waals surface area contributed by atoms with E-state index in [1.54, 1.807) is 42.4 Å². The van der Waals surface area contributed by atoms with Crippen LogP contribution < -0.4 is 5.32 Å². The molecular weight excluding hydrogens is 335 g/mol. The number of nitrogens with zero attached hydrogens (tertiary/aromatic N) is 5. The van der Waals surface area contributed by atoms with Crippen molar-refractivity contribution in [1.29, 1.82) is 0 Å². The Morgan fingerprint density at radius 1 is 1.19 bits per heavy atom. The fourth-order valence-corrected chi connectivity index (χ4v) is 2.62. The second kappa shape index (κ2) is 7.47. The number of aryl methyl sites for hydroxylation is 1. The Morgan fingerprint density at radius 2 is 1.85 bits per heavy atom. The van der Waals surface area contributed by atoms with E-state index in [0.717, 1.165) is 5.56 Å². The lowest BCUT2D eigenvalue weighted by molar-refractivity contribution is 0.0908. The summed E-state index contributed by atoms with van der Waals surface area (Å²) in [6.45, 7) is 4.54. The van der Waals surface area contributed by atoms with E-state index in [0.29, 0.717) is 17.9 Å². The van der Waals surface area contributed by atoms with Gasteiger partial charge in [-0.2, -0.15) is 20.1 Å². The van der Waals surface area contributed by atoms with E-state index in [1.165, 1.54) is 16.8 Å². The van der Waals surface area contributed by atoms with Crippen LogP contribution in [0.15, 0.2) is 42.7 Å². The molecule has 1 amide bonds. The number of nitrogens with one attached hydrogen (secondary N) is 1. The van der Waals surface area contributed by atoms with E-state index in [-0.39, 0.29) is 23.7 Å². The lowest BCUT2D eigenvalue weighted by Gasteiger charge is -2.21. The first kappa shape index (κ1) is 17.8. The van der Waals surface area contributed by atoms with Crippen molar-refractivity contribution in [3.8, 4) is 11.3 Å². The average molecular weight is 356 g/mol. The lowest BCUT2D eigenvalue weighted by atomic mass is 10.0. The summed E-state index contributed by atoms with van der Waals surface area (Å²) in [5.41, 5.74) is 1.80. The predicted octanol–water partition coefficient (Wildman–Crippen LogP) is 2.27. The van der Waals surface area contributed by atoms with Gasteiger partial charge in [0.15, 0.2) is 0 Å². The number of halogens is 1. The molecule has 3 rings (SSSR count). The smallest absolute Gasteiger partial charge is 0.269 e. The SMILES string of the molecule is CC(C)C(Cn1nccn1)NC(=O)c1cc(-c2ccc(F)cc2)nn1C. The molecular formula is C18H21FN6O. The van der Waals surface area contributed by atoms with Gasteiger partial charge in [0.05, 0.1) is 30.7 Å². The molecule has 0 aliphatic rings. The van der Waals surface area contributed by atoms with E-state index in [4.69, 9.17) is 0 Å². The summed E-state index contributed by atoms with van der Waals surface area (Å²) in [4.78, 5) is 14.3. The van der Waals surface area contributed by atoms with E-state index in [1.807, 2.05) is 13.8 Å². The maximum atomic E-state index is 13.1. The number of carbonyl (C=O) groups is 1. The van der Waals surface area contributed by atoms with Crippen molar-refractivity contribution >= 4 is 5.91 Å². The van der Waals surface area contributed by atoms with Crippen LogP contribution in [0.5, 0.6) is 0 Å². The number of hydrogen-bond donors (Lipinski definition) is 1. The molecule has 136 valence electrons. The number of hydrogen-bond acceptors (Lipinski definition) is 4. The van der Waals surface area contributed by atoms with Gasteiger partial charge in [0.1, 0.15) is 11.5 Å². The highest BCUT2D eigenvalue weighted by Gasteiger charge is 2.21. The monoisotopic (exact) mass is 356 g/mol. The van der Waals surface area contributed by atoms with Gasteiger partial charge >= 0.3 is 0 Å². The van der Waals surface area contributed by atoms with Gasteiger partial charge in [0, 0.05) is 12.6 Å². The van der Waals surface area contributed by atoms with Crippen LogP contribution in [0.25, 0.3) is 11.3 Å². The third-order valence-electron chi connectivity index (χ3n) is 4.20. The number of carbonyl (C=O) groups excluding carboxylic acids is 1. The van der Waals surface area contributed by atoms with Gasteiger partial charge in [-0.15, -0.1) is 0 Å². The molecule has 8 heteroatoms. The Hall–Kier alpha value is -3.03. The summed E-state index contributed by atoms with van der Waals surface area (Å²) in [5.74, 6) is -0.330. The molecule has 1 N–H and O–H groups in total. The number of rotatable bonds is 6. The molecule has 0 aliphatic heterocycles. The van der Waals surface area contributed by atoms with Crippen LogP contribution in [0.4, 0.5) is 4.39 Å². The lowest BCUT2D eigenvalue weighted by Crippen LogP contribution is -2.42. The number of amides is 1. The summed E-state index contributed by atoms with van der Waals surface area (Å²) in [7, 11) is 1.71. The molecule has 2 aromatic heterocycles. The van der Waals surface area contributed by atoms with Crippen molar-refractivity contribution < 1.29 is 9.18 Å². The fraction of sp³-hybridized carbons (Fsp3) is 0.333. The molecule has 0 saturated carbocycles. The van der Waals surface area contributed by atoms with Crippen molar-refractivity contribution in [2.45, 2.75) is 26.4 Å². The van der Waals surface area contributed by atoms with Crippen LogP contribution in [0, 0.1) is 11.7 Å². The van der Waals surface area contributed by atoms with Gasteiger partial charge in [0.25, 0.3) is 5.91 Å². The minimum atomic E-state index is -0.311. The fourth-order valence-electron chi connectivity index (χ4n) is 2.62. The van der Waals surface area contributed by atoms with Crippen molar-refractivity contribution in [2.75, 3.05) is 0 Å². The molecule has 0 saturated heterocycles. The van der Waals surface area contributed by atoms with Gasteiger partial charge in [-0.3, -0.25) is 9.48 Å². The second-order valence-corrected chi connectivity index (χ2v) is 6.45. The predicted molar refractivity (Wildman–Crippen MR) is 94.7 cm³/mol. The zero-order chi connectivity index (χ0) is 18.7. The minimum Gasteiger partial charge on any atom is -0.346 e. The van der Waals surface area contributed by atoms with Gasteiger partial charge in [-0.05, 0) is 36.2 Å². The zero-order valence-corrected chi connectivity index (χ0v) is 14.9. The average Bonchev–Trinajstić information content (AvgIpc) is 3.24. The van der Waals surface area contributed by atoms with Crippen LogP contribution in [-0.4, -0.2) is 36.7 Å². The third-order valence-corrected chi connectivity index (χ3v) is 4.20. The Bertz CT molecular complexity index is 870. The summed E-state index contributed by atoms with van der Waals surface area (Å²) in [5, 5.41) is 15.6. The Labute approximate surface area is 150 Å². The standard InChI is InChI=1S/C18H21FN6O/c1-12(2)16(11-25-20-8-9-21-25)22-18(26)17-10-15(23-24(17)3)13-4-6-14(19)7-5-13/h4-10,12,16H,11H2,1-3H3,(H,22,26). The van der Waals surface area contributed by atoms with E-state index in [2.05, 4.69) is 20.6 Å². The van der Waals surface area contributed by atoms with Gasteiger partial charge in [-0.25, -0.2) is 4.39 Å². The molecule has 7 nitrogen and oxygen atoms in total. The highest BCUT2D eigenvalue weighted by Crippen LogP contribution is 2.19. The minimum absolute atomic E-state index is 0.126. The quantitative estimate of drug-likeness (QED) is 0.735. The summed E-state index contributed by atoms with van der Waals surface area (Å²) >= 11 is 0. The zero-order valence-electron chi connectivity index (χ0n) is 14.9. The number of benzene rings is 1. The Morgan fingerprint density at radius 3 is 2.46 bits per heavy atom. The molecule has 26 heavy (non-hydrogen) atoms. The molecule has 0 aliphatic carbocycles. The van der Waals surface area contributed by atoms with Crippen LogP contribution >= 0.6 is 0 Å². The largest absolute Gasteiger partial charge is 0.346 e. The normalized spacial score (nSPS) is 12.3. The highest BCUT2D eigenvalue weighted by molar-refractivity contribution is 5.93. The second-order valence-electron chi connectivity index (χ2n) is 6.45. The van der Waals surface area contributed by atoms with E-state index >= 15 is 0 Å². The van der Waals surface area contributed by atoms with Crippen LogP contribution in [0.2, 0.25) is 0 Å². The van der Waals surface area contributed by atoms with E-state index < -0.39 is 0 Å². The highest BCUT2D eigenvalue weighted by atomic mass is 19.1. The van der Waals surface area contributed by atoms with Crippen LogP contribution in [0.3, 0.4) is 0 Å². The molecule has 0 fully saturated rings. The van der Waals surface area contributed by atoms with Crippen LogP contribution in [-0.2, 0) is 13.6 Å². The molecule has 0 spiro atoms. The first-order valence-corrected chi connectivity index (χ1v) is 8.39. The van der Waals surface area contributed by atoms with Crippen molar-refractivity contribution in [3.05, 3.63) is 54.2 Å². The Balaban J connectivity index is 1.77.